The van der Waals surface area contributed by atoms with E-state index < -0.39 is 426 Å². The van der Waals surface area contributed by atoms with Gasteiger partial charge in [0.1, 0.15) is 256 Å². The van der Waals surface area contributed by atoms with E-state index in [1.165, 1.54) is 13.8 Å². The van der Waals surface area contributed by atoms with E-state index in [9.17, 15) is 167 Å². The van der Waals surface area contributed by atoms with Gasteiger partial charge in [-0.15, -0.1) is 0 Å². The molecular formula is C76H127N5O54. The maximum atomic E-state index is 13.4. The highest BCUT2D eigenvalue weighted by molar-refractivity contribution is 5.75. The highest BCUT2D eigenvalue weighted by Gasteiger charge is 2.63. The van der Waals surface area contributed by atoms with Gasteiger partial charge in [-0.2, -0.15) is 0 Å². The lowest BCUT2D eigenvalue weighted by atomic mass is 9.93. The van der Waals surface area contributed by atoms with Crippen LogP contribution >= 0.6 is 0 Å². The standard InChI is InChI=1S/C76H127N5O54/c1-17-38(94)49(105)54(110)71(117-17)115-16-32-61(45(101)33(66(114)119-32)77-19(3)89)129-67-34(78-20(4)90)47(103)60(30(14-88)124-67)131-74-57(113)63(44(100)31(127-74)15-116-75-64(52(108)41(97)25(9-83)122-75)134-68-36(80-22(6)92)48(104)59(29(13-87)126-68)130-73-56(112)51(107)40(96)24(8-82)121-73)133-76-65(53(109)42(98)26(10-84)123-76)135-69-35(79-21(5)91)46(102)58(28(12-86)125-69)128-70-37(81-23(7)93)62(43(99)27(11-85)120-70)132-72-55(111)50(106)39(95)18(2)118-72/h17-18,24-76,82-88,94-114H,8-16H2,1-7H3,(H,77,89)(H,78,90)(H,79,91)(H,80,92)(H,81,93)/t17-,18-,24+,25+,26+,27+,28+,29+,30+,31+,32+,33+,34+,35-,36+,37+,38+,39+,40-,41+,42+,43-,44+,45+,46+,47+,48+,49+,50+,51-,52-,53-,54-,55-,56+,57-,58+,59+,60+,61+,62+,63-,64-,65-,66+,67-,68-,69-,70-,71+,72-,73-,74-,75-,76+/m0/s1. The molecule has 11 aliphatic heterocycles. The molecule has 59 nitrogen and oxygen atoms in total. The van der Waals surface area contributed by atoms with Gasteiger partial charge in [0, 0.05) is 34.6 Å². The summed E-state index contributed by atoms with van der Waals surface area (Å²) in [7, 11) is 0. The Hall–Kier alpha value is -4.61. The monoisotopic (exact) mass is 1970 g/mol. The van der Waals surface area contributed by atoms with Crippen molar-refractivity contribution in [3.8, 4) is 0 Å². The summed E-state index contributed by atoms with van der Waals surface area (Å²) >= 11 is 0. The van der Waals surface area contributed by atoms with Gasteiger partial charge in [-0.1, -0.05) is 0 Å². The number of carbonyl (C=O) groups excluding carboxylic acids is 5. The number of rotatable bonds is 34. The molecule has 33 N–H and O–H groups in total. The van der Waals surface area contributed by atoms with Crippen molar-refractivity contribution in [2.24, 2.45) is 0 Å². The molecule has 0 aromatic carbocycles. The number of carbonyl (C=O) groups is 5. The molecule has 11 saturated heterocycles. The summed E-state index contributed by atoms with van der Waals surface area (Å²) in [6, 6.07) is -9.66. The summed E-state index contributed by atoms with van der Waals surface area (Å²) in [5.74, 6) is -4.75. The van der Waals surface area contributed by atoms with Crippen molar-refractivity contribution in [3.05, 3.63) is 0 Å². The molecule has 59 heteroatoms. The molecule has 11 fully saturated rings. The normalized spacial score (nSPS) is 49.5. The van der Waals surface area contributed by atoms with E-state index in [0.29, 0.717) is 0 Å². The summed E-state index contributed by atoms with van der Waals surface area (Å²) in [4.78, 5) is 65.2. The van der Waals surface area contributed by atoms with Gasteiger partial charge in [-0.25, -0.2) is 0 Å². The van der Waals surface area contributed by atoms with E-state index in [1.54, 1.807) is 0 Å². The molecule has 0 aromatic heterocycles. The van der Waals surface area contributed by atoms with Crippen molar-refractivity contribution in [2.75, 3.05) is 59.5 Å². The lowest BCUT2D eigenvalue weighted by Gasteiger charge is -2.51. The van der Waals surface area contributed by atoms with E-state index >= 15 is 0 Å². The largest absolute Gasteiger partial charge is 0.394 e. The number of hydrogen-bond acceptors (Lipinski definition) is 54. The first kappa shape index (κ1) is 111. The SMILES string of the molecule is CC(=O)N[C@@H]1[C@H](O[C@@H]2[C@@H](O[C@@H]3[C@H](O)[C@H](O[C@H]4[C@H](O)[C@@H](NC(C)=O)[C@H](O[C@H]5[C@H](O)[C@@H](NC(C)=O)[C@H](O)O[C@@H]5CO[C@@H]5O[C@@H](C)[C@@H](O)[C@@H](O)[C@@H]5O)O[C@@H]4CO)O[C@H](CO[C@H]4O[C@H](CO)[C@@H](O)[C@H](O)[C@@H]4O[C@@H]4O[C@H](CO)[C@@H](O[C@@H]5O[C@H](CO)[C@H](O)[C@H](O)[C@H]5O)[C@H](O)[C@H]4NC(C)=O)[C@H]3O)O[C@H](CO)[C@@H](O)[C@@H]2O)O[C@H](CO)[C@@H](O[C@@H]2O[C@H](CO)[C@H](O)[C@H](O[C@@H]3O[C@@H](C)[C@@H](O)[C@@H](O)[C@@H]3O)[C@H]2NC(C)=O)[C@@H]1O. The van der Waals surface area contributed by atoms with Crippen LogP contribution in [0.2, 0.25) is 0 Å². The van der Waals surface area contributed by atoms with Crippen LogP contribution in [-0.2, 0) is 123 Å². The van der Waals surface area contributed by atoms with Crippen LogP contribution in [0.1, 0.15) is 48.5 Å². The van der Waals surface area contributed by atoms with E-state index in [4.69, 9.17) is 99.5 Å². The minimum atomic E-state index is -2.67. The van der Waals surface area contributed by atoms with Crippen LogP contribution in [0.3, 0.4) is 0 Å². The number of aliphatic hydroxyl groups is 28. The Bertz CT molecular complexity index is 3750. The van der Waals surface area contributed by atoms with Crippen molar-refractivity contribution >= 4 is 29.5 Å². The molecule has 0 aromatic rings. The number of aliphatic hydroxyl groups excluding tert-OH is 28. The van der Waals surface area contributed by atoms with Crippen molar-refractivity contribution in [2.45, 2.75) is 386 Å². The molecule has 135 heavy (non-hydrogen) atoms. The second-order valence-corrected chi connectivity index (χ2v) is 34.5. The minimum Gasteiger partial charge on any atom is -0.394 e. The van der Waals surface area contributed by atoms with Crippen LogP contribution < -0.4 is 26.6 Å². The smallest absolute Gasteiger partial charge is 0.217 e. The summed E-state index contributed by atoms with van der Waals surface area (Å²) in [6.45, 7) is -2.97. The second-order valence-electron chi connectivity index (χ2n) is 34.5. The van der Waals surface area contributed by atoms with Crippen molar-refractivity contribution in [3.63, 3.8) is 0 Å². The Kier molecular flexibility index (Phi) is 39.5. The van der Waals surface area contributed by atoms with Crippen molar-refractivity contribution in [1.82, 2.24) is 26.6 Å². The van der Waals surface area contributed by atoms with Gasteiger partial charge in [-0.05, 0) is 13.8 Å². The third-order valence-electron chi connectivity index (χ3n) is 24.9. The zero-order valence-electron chi connectivity index (χ0n) is 73.3. The van der Waals surface area contributed by atoms with Gasteiger partial charge in [0.25, 0.3) is 0 Å². The average molecular weight is 1970 g/mol. The van der Waals surface area contributed by atoms with Crippen LogP contribution in [0.15, 0.2) is 0 Å². The van der Waals surface area contributed by atoms with Gasteiger partial charge in [0.15, 0.2) is 69.2 Å². The molecule has 0 spiro atoms. The number of ether oxygens (including phenoxy) is 21. The highest BCUT2D eigenvalue weighted by atomic mass is 16.8. The molecular weight excluding hydrogens is 1850 g/mol. The summed E-state index contributed by atoms with van der Waals surface area (Å²) in [5, 5.41) is 328. The van der Waals surface area contributed by atoms with E-state index in [1.807, 2.05) is 0 Å². The van der Waals surface area contributed by atoms with E-state index in [0.717, 1.165) is 34.6 Å². The molecule has 11 aliphatic rings. The van der Waals surface area contributed by atoms with Gasteiger partial charge < -0.3 is 269 Å². The van der Waals surface area contributed by atoms with Crippen LogP contribution in [0, 0.1) is 0 Å². The zero-order chi connectivity index (χ0) is 99.4. The summed E-state index contributed by atoms with van der Waals surface area (Å²) < 4.78 is 126. The quantitative estimate of drug-likeness (QED) is 0.0284. The zero-order valence-corrected chi connectivity index (χ0v) is 73.3. The molecule has 0 aliphatic carbocycles. The summed E-state index contributed by atoms with van der Waals surface area (Å²) in [5.41, 5.74) is 0. The Morgan fingerprint density at radius 3 is 0.896 bits per heavy atom. The predicted molar refractivity (Wildman–Crippen MR) is 417 cm³/mol. The van der Waals surface area contributed by atoms with Gasteiger partial charge >= 0.3 is 0 Å². The number of nitrogens with one attached hydrogen (secondary N) is 5. The third-order valence-corrected chi connectivity index (χ3v) is 24.9. The molecule has 55 atom stereocenters. The molecule has 0 unspecified atom stereocenters. The molecule has 11 heterocycles. The fourth-order valence-electron chi connectivity index (χ4n) is 17.6. The first-order valence-electron chi connectivity index (χ1n) is 43.4. The molecule has 780 valence electrons. The van der Waals surface area contributed by atoms with Crippen LogP contribution in [0.4, 0.5) is 0 Å². The lowest BCUT2D eigenvalue weighted by molar-refractivity contribution is -0.399. The number of hydrogen-bond donors (Lipinski definition) is 33. The Labute approximate surface area is 765 Å². The van der Waals surface area contributed by atoms with Gasteiger partial charge in [0.2, 0.25) is 29.5 Å². The lowest BCUT2D eigenvalue weighted by Crippen LogP contribution is -2.71. The molecule has 0 saturated carbocycles. The topological polar surface area (TPSA) is 906 Å². The van der Waals surface area contributed by atoms with Crippen LogP contribution in [0.25, 0.3) is 0 Å². The van der Waals surface area contributed by atoms with Crippen LogP contribution in [-0.4, -0.2) is 569 Å². The van der Waals surface area contributed by atoms with Gasteiger partial charge in [0.05, 0.1) is 71.7 Å². The first-order chi connectivity index (χ1) is 63.8. The Balaban J connectivity index is 0.925. The third kappa shape index (κ3) is 24.7. The first-order valence-corrected chi connectivity index (χ1v) is 43.4. The fourth-order valence-corrected chi connectivity index (χ4v) is 17.6. The molecule has 5 amide bonds. The minimum absolute atomic E-state index is 0.858. The predicted octanol–water partition coefficient (Wildman–Crippen LogP) is -22.2. The van der Waals surface area contributed by atoms with Crippen molar-refractivity contribution < 1.29 is 266 Å². The van der Waals surface area contributed by atoms with Gasteiger partial charge in [-0.3, -0.25) is 24.0 Å². The maximum Gasteiger partial charge on any atom is 0.217 e. The van der Waals surface area contributed by atoms with E-state index in [2.05, 4.69) is 26.6 Å². The maximum absolute atomic E-state index is 13.4. The average Bonchev–Trinajstić information content (AvgIpc) is 0.755. The van der Waals surface area contributed by atoms with Crippen LogP contribution in [0.5, 0.6) is 0 Å². The molecule has 0 radical (unpaired) electrons. The second kappa shape index (κ2) is 48.2. The molecule has 11 rings (SSSR count). The highest BCUT2D eigenvalue weighted by Crippen LogP contribution is 2.42. The molecule has 0 bridgehead atoms. The Morgan fingerprint density at radius 2 is 0.467 bits per heavy atom. The number of amides is 5. The fraction of sp³-hybridized carbons (Fsp3) is 0.934. The summed E-state index contributed by atoms with van der Waals surface area (Å²) in [6.07, 6.45) is -103. The Morgan fingerprint density at radius 1 is 0.207 bits per heavy atom. The van der Waals surface area contributed by atoms with Crippen molar-refractivity contribution in [1.29, 1.82) is 0 Å². The van der Waals surface area contributed by atoms with E-state index in [-0.39, 0.29) is 0 Å².